The average Bonchev–Trinajstić information content (AvgIpc) is 3.15. The molecule has 1 saturated carbocycles. The molecule has 8 nitrogen and oxygen atoms in total. The molecule has 0 bridgehead atoms. The predicted octanol–water partition coefficient (Wildman–Crippen LogP) is 1.92. The highest BCUT2D eigenvalue weighted by Gasteiger charge is 2.28. The number of anilines is 1. The predicted molar refractivity (Wildman–Crippen MR) is 110 cm³/mol. The van der Waals surface area contributed by atoms with Crippen molar-refractivity contribution in [2.45, 2.75) is 37.1 Å². The monoisotopic (exact) mass is 417 g/mol. The van der Waals surface area contributed by atoms with E-state index in [4.69, 9.17) is 0 Å². The molecule has 2 fully saturated rings. The minimum Gasteiger partial charge on any atom is -0.385 e. The van der Waals surface area contributed by atoms with Gasteiger partial charge in [-0.25, -0.2) is 13.4 Å². The third kappa shape index (κ3) is 4.97. The van der Waals surface area contributed by atoms with E-state index in [2.05, 4.69) is 15.6 Å². The fraction of sp³-hybridized carbons (Fsp3) is 0.500. The van der Waals surface area contributed by atoms with E-state index in [1.165, 1.54) is 23.2 Å². The number of carbonyl (C=O) groups is 1. The van der Waals surface area contributed by atoms with Crippen LogP contribution in [0.4, 0.5) is 5.69 Å². The minimum absolute atomic E-state index is 0.181. The molecular weight excluding hydrogens is 390 g/mol. The molecule has 9 heteroatoms. The molecule has 1 amide bonds. The highest BCUT2D eigenvalue weighted by molar-refractivity contribution is 7.89. The van der Waals surface area contributed by atoms with Crippen molar-refractivity contribution < 1.29 is 13.2 Å². The zero-order valence-electron chi connectivity index (χ0n) is 16.4. The zero-order chi connectivity index (χ0) is 20.3. The molecule has 1 aromatic carbocycles. The topological polar surface area (TPSA) is 96.3 Å². The van der Waals surface area contributed by atoms with Gasteiger partial charge in [0.05, 0.1) is 11.2 Å². The molecule has 0 unspecified atom stereocenters. The number of amides is 1. The van der Waals surface area contributed by atoms with Gasteiger partial charge in [0.2, 0.25) is 10.0 Å². The lowest BCUT2D eigenvalue weighted by Crippen LogP contribution is -2.29. The van der Waals surface area contributed by atoms with Crippen LogP contribution in [0, 0.1) is 5.92 Å². The molecule has 1 aliphatic carbocycles. The minimum atomic E-state index is -3.60. The summed E-state index contributed by atoms with van der Waals surface area (Å²) >= 11 is 0. The summed E-state index contributed by atoms with van der Waals surface area (Å²) in [6.07, 6.45) is 9.35. The first-order valence-electron chi connectivity index (χ1n) is 10.2. The summed E-state index contributed by atoms with van der Waals surface area (Å²) < 4.78 is 29.5. The van der Waals surface area contributed by atoms with Crippen molar-refractivity contribution in [3.05, 3.63) is 42.5 Å². The summed E-state index contributed by atoms with van der Waals surface area (Å²) in [7, 11) is -3.60. The lowest BCUT2D eigenvalue weighted by atomic mass is 10.2. The Kier molecular flexibility index (Phi) is 5.86. The molecule has 2 heterocycles. The van der Waals surface area contributed by atoms with Crippen LogP contribution in [0.5, 0.6) is 0 Å². The van der Waals surface area contributed by atoms with E-state index >= 15 is 0 Å². The Morgan fingerprint density at radius 2 is 1.97 bits per heavy atom. The third-order valence-electron chi connectivity index (χ3n) is 5.38. The molecule has 1 aromatic heterocycles. The first-order chi connectivity index (χ1) is 14.0. The van der Waals surface area contributed by atoms with Crippen LogP contribution in [0.3, 0.4) is 0 Å². The van der Waals surface area contributed by atoms with Crippen LogP contribution < -0.4 is 10.6 Å². The first-order valence-corrected chi connectivity index (χ1v) is 11.6. The van der Waals surface area contributed by atoms with Crippen molar-refractivity contribution in [1.82, 2.24) is 19.2 Å². The maximum atomic E-state index is 13.0. The molecule has 2 aliphatic rings. The smallest absolute Gasteiger partial charge is 0.251 e. The lowest BCUT2D eigenvalue weighted by molar-refractivity contribution is 0.0952. The molecule has 0 spiro atoms. The van der Waals surface area contributed by atoms with E-state index in [0.717, 1.165) is 19.4 Å². The van der Waals surface area contributed by atoms with Crippen molar-refractivity contribution in [1.29, 1.82) is 0 Å². The highest BCUT2D eigenvalue weighted by atomic mass is 32.2. The molecule has 2 aromatic rings. The van der Waals surface area contributed by atoms with Crippen molar-refractivity contribution in [3.63, 3.8) is 0 Å². The van der Waals surface area contributed by atoms with Gasteiger partial charge in [0.1, 0.15) is 0 Å². The Labute approximate surface area is 171 Å². The van der Waals surface area contributed by atoms with Crippen molar-refractivity contribution in [3.8, 4) is 0 Å². The third-order valence-corrected chi connectivity index (χ3v) is 7.25. The summed E-state index contributed by atoms with van der Waals surface area (Å²) in [5.74, 6) is 0.361. The summed E-state index contributed by atoms with van der Waals surface area (Å²) in [5, 5.41) is 6.17. The Morgan fingerprint density at radius 3 is 2.66 bits per heavy atom. The van der Waals surface area contributed by atoms with Crippen LogP contribution in [-0.4, -0.2) is 54.4 Å². The Morgan fingerprint density at radius 1 is 1.17 bits per heavy atom. The SMILES string of the molecule is O=C(NCCn1ccnc1)c1cc(NCC2CC2)cc(S(=O)(=O)N2CCCC2)c1. The molecule has 1 aliphatic heterocycles. The number of hydrogen-bond donors (Lipinski definition) is 2. The van der Waals surface area contributed by atoms with Crippen LogP contribution in [0.2, 0.25) is 0 Å². The molecule has 2 N–H and O–H groups in total. The summed E-state index contributed by atoms with van der Waals surface area (Å²) in [4.78, 5) is 16.9. The van der Waals surface area contributed by atoms with E-state index in [1.807, 2.05) is 10.8 Å². The number of sulfonamides is 1. The summed E-state index contributed by atoms with van der Waals surface area (Å²) in [6, 6.07) is 4.87. The number of benzene rings is 1. The first kappa shape index (κ1) is 19.9. The molecule has 156 valence electrons. The van der Waals surface area contributed by atoms with Crippen LogP contribution in [0.25, 0.3) is 0 Å². The van der Waals surface area contributed by atoms with Gasteiger partial charge in [-0.15, -0.1) is 0 Å². The second-order valence-corrected chi connectivity index (χ2v) is 9.68. The van der Waals surface area contributed by atoms with Gasteiger partial charge in [0, 0.05) is 56.4 Å². The molecule has 29 heavy (non-hydrogen) atoms. The quantitative estimate of drug-likeness (QED) is 0.650. The highest BCUT2D eigenvalue weighted by Crippen LogP contribution is 2.30. The Bertz CT molecular complexity index is 949. The molecular formula is C20H27N5O3S. The van der Waals surface area contributed by atoms with E-state index in [-0.39, 0.29) is 10.8 Å². The molecule has 0 atom stereocenters. The molecule has 1 saturated heterocycles. The number of rotatable bonds is 9. The van der Waals surface area contributed by atoms with Crippen molar-refractivity contribution in [2.24, 2.45) is 5.92 Å². The van der Waals surface area contributed by atoms with Crippen LogP contribution >= 0.6 is 0 Å². The second kappa shape index (κ2) is 8.54. The number of carbonyl (C=O) groups excluding carboxylic acids is 1. The van der Waals surface area contributed by atoms with E-state index in [9.17, 15) is 13.2 Å². The number of imidazole rings is 1. The van der Waals surface area contributed by atoms with Crippen LogP contribution in [0.1, 0.15) is 36.0 Å². The van der Waals surface area contributed by atoms with Gasteiger partial charge in [0.25, 0.3) is 5.91 Å². The largest absolute Gasteiger partial charge is 0.385 e. The summed E-state index contributed by atoms with van der Waals surface area (Å²) in [6.45, 7) is 2.91. The molecule has 4 rings (SSSR count). The van der Waals surface area contributed by atoms with Gasteiger partial charge in [-0.05, 0) is 49.8 Å². The average molecular weight is 418 g/mol. The Balaban J connectivity index is 1.52. The maximum absolute atomic E-state index is 13.0. The fourth-order valence-electron chi connectivity index (χ4n) is 3.46. The van der Waals surface area contributed by atoms with Crippen molar-refractivity contribution in [2.75, 3.05) is 31.5 Å². The van der Waals surface area contributed by atoms with E-state index in [0.29, 0.717) is 43.3 Å². The van der Waals surface area contributed by atoms with E-state index in [1.54, 1.807) is 24.7 Å². The standard InChI is InChI=1S/C20H27N5O3S/c26-20(22-6-10-24-9-5-21-15-24)17-11-18(23-14-16-3-4-16)13-19(12-17)29(27,28)25-7-1-2-8-25/h5,9,11-13,15-16,23H,1-4,6-8,10,14H2,(H,22,26). The van der Waals surface area contributed by atoms with Crippen LogP contribution in [0.15, 0.2) is 41.8 Å². The van der Waals surface area contributed by atoms with Gasteiger partial charge in [-0.1, -0.05) is 0 Å². The van der Waals surface area contributed by atoms with Gasteiger partial charge < -0.3 is 15.2 Å². The van der Waals surface area contributed by atoms with Gasteiger partial charge >= 0.3 is 0 Å². The normalized spacial score (nSPS) is 17.4. The van der Waals surface area contributed by atoms with Crippen molar-refractivity contribution >= 4 is 21.6 Å². The van der Waals surface area contributed by atoms with E-state index < -0.39 is 10.0 Å². The number of hydrogen-bond acceptors (Lipinski definition) is 5. The Hall–Kier alpha value is -2.39. The fourth-order valence-corrected chi connectivity index (χ4v) is 5.05. The van der Waals surface area contributed by atoms with Crippen LogP contribution in [-0.2, 0) is 16.6 Å². The van der Waals surface area contributed by atoms with Gasteiger partial charge in [0.15, 0.2) is 0 Å². The molecule has 0 radical (unpaired) electrons. The number of nitrogens with zero attached hydrogens (tertiary/aromatic N) is 3. The van der Waals surface area contributed by atoms with Gasteiger partial charge in [-0.2, -0.15) is 4.31 Å². The summed E-state index contributed by atoms with van der Waals surface area (Å²) in [5.41, 5.74) is 1.03. The zero-order valence-corrected chi connectivity index (χ0v) is 17.2. The number of aromatic nitrogens is 2. The van der Waals surface area contributed by atoms with Gasteiger partial charge in [-0.3, -0.25) is 4.79 Å². The maximum Gasteiger partial charge on any atom is 0.251 e. The second-order valence-electron chi connectivity index (χ2n) is 7.74. The number of nitrogens with one attached hydrogen (secondary N) is 2. The lowest BCUT2D eigenvalue weighted by Gasteiger charge is -2.18.